The van der Waals surface area contributed by atoms with Gasteiger partial charge in [0.1, 0.15) is 11.5 Å². The number of rotatable bonds is 7. The number of aliphatic hydroxyl groups is 1. The second-order valence-electron chi connectivity index (χ2n) is 14.0. The minimum Gasteiger partial charge on any atom is -0.398 e. The Kier molecular flexibility index (Phi) is 10.1. The maximum atomic E-state index is 12.6. The third-order valence-corrected chi connectivity index (χ3v) is 10.3. The third kappa shape index (κ3) is 7.12. The lowest BCUT2D eigenvalue weighted by Gasteiger charge is -2.17. The lowest BCUT2D eigenvalue weighted by atomic mass is 10.0. The summed E-state index contributed by atoms with van der Waals surface area (Å²) in [5.74, 6) is 1.50. The minimum atomic E-state index is -0.243. The fourth-order valence-electron chi connectivity index (χ4n) is 7.36. The number of aryl methyl sites for hydroxylation is 6. The van der Waals surface area contributed by atoms with Crippen LogP contribution < -0.4 is 16.6 Å². The summed E-state index contributed by atoms with van der Waals surface area (Å²) < 4.78 is 14.8. The molecule has 0 atom stereocenters. The summed E-state index contributed by atoms with van der Waals surface area (Å²) in [6.45, 7) is 12.6. The molecule has 8 aromatic rings. The molecule has 0 amide bonds. The van der Waals surface area contributed by atoms with E-state index in [9.17, 15) is 14.7 Å². The molecule has 0 fully saturated rings. The van der Waals surface area contributed by atoms with Crippen molar-refractivity contribution in [3.63, 3.8) is 0 Å². The number of nitrogen functional groups attached to an aromatic ring is 1. The molecule has 278 valence electrons. The number of aliphatic hydroxyl groups excluding tert-OH is 1. The maximum Gasteiger partial charge on any atom is 0.189 e. The Balaban J connectivity index is 0.000000169. The van der Waals surface area contributed by atoms with Crippen LogP contribution in [0.15, 0.2) is 116 Å². The molecule has 4 aromatic heterocycles. The molecule has 0 bridgehead atoms. The van der Waals surface area contributed by atoms with Gasteiger partial charge in [-0.3, -0.25) is 9.59 Å². The largest absolute Gasteiger partial charge is 0.398 e. The molecule has 8 rings (SSSR count). The van der Waals surface area contributed by atoms with Crippen molar-refractivity contribution in [2.24, 2.45) is 0 Å². The molecule has 0 unspecified atom stereocenters. The van der Waals surface area contributed by atoms with E-state index >= 15 is 0 Å². The highest BCUT2D eigenvalue weighted by atomic mass is 16.5. The van der Waals surface area contributed by atoms with Crippen LogP contribution in [-0.2, 0) is 19.7 Å². The Labute approximate surface area is 318 Å². The fourth-order valence-corrected chi connectivity index (χ4v) is 7.36. The zero-order chi connectivity index (χ0) is 39.0. The number of fused-ring (bicyclic) bond motifs is 2. The molecule has 0 radical (unpaired) electrons. The monoisotopic (exact) mass is 733 g/mol. The van der Waals surface area contributed by atoms with Gasteiger partial charge in [-0.25, -0.2) is 0 Å². The standard InChI is InChI=1S/C23H22N2O2.C22H21N3O3/c1-14-7-5-6-8-19(14)13-25-15(2)11-22(26)20-10-9-18(12-21(20)25)23-16(3)24-27-17(23)4;1-13-22(14(2)28-24-13)15-7-8-18-20(9-15)25(17(12-26)10-21(18)27)11-16-5-3-4-6-19(16)23/h5-12H,13H2,1-4H3;3-10,26H,11-12,23H2,1-2H3. The topological polar surface area (TPSA) is 142 Å². The molecule has 0 spiro atoms. The number of para-hydroxylation sites is 1. The molecule has 4 aromatic carbocycles. The predicted molar refractivity (Wildman–Crippen MR) is 217 cm³/mol. The van der Waals surface area contributed by atoms with Gasteiger partial charge in [-0.05, 0) is 99.7 Å². The highest BCUT2D eigenvalue weighted by Gasteiger charge is 2.17. The van der Waals surface area contributed by atoms with Crippen molar-refractivity contribution < 1.29 is 14.2 Å². The van der Waals surface area contributed by atoms with Crippen molar-refractivity contribution in [1.29, 1.82) is 0 Å². The van der Waals surface area contributed by atoms with E-state index in [2.05, 4.69) is 46.1 Å². The van der Waals surface area contributed by atoms with Gasteiger partial charge in [0.15, 0.2) is 10.9 Å². The zero-order valence-electron chi connectivity index (χ0n) is 31.8. The summed E-state index contributed by atoms with van der Waals surface area (Å²) in [7, 11) is 0. The number of pyridine rings is 2. The average Bonchev–Trinajstić information content (AvgIpc) is 3.70. The summed E-state index contributed by atoms with van der Waals surface area (Å²) in [6.07, 6.45) is 0. The Morgan fingerprint density at radius 3 is 1.65 bits per heavy atom. The molecule has 4 heterocycles. The van der Waals surface area contributed by atoms with E-state index in [1.807, 2.05) is 99.8 Å². The van der Waals surface area contributed by atoms with Crippen LogP contribution in [0.1, 0.15) is 51.0 Å². The molecule has 10 heteroatoms. The number of nitrogens with two attached hydrogens (primary N) is 1. The van der Waals surface area contributed by atoms with E-state index in [1.165, 1.54) is 17.2 Å². The Hall–Kier alpha value is -6.52. The zero-order valence-corrected chi connectivity index (χ0v) is 31.8. The molecular formula is C45H43N5O5. The number of aromatic nitrogens is 4. The second kappa shape index (κ2) is 15.1. The normalized spacial score (nSPS) is 11.3. The van der Waals surface area contributed by atoms with Gasteiger partial charge in [-0.1, -0.05) is 64.9 Å². The molecule has 3 N–H and O–H groups in total. The van der Waals surface area contributed by atoms with Gasteiger partial charge in [0.05, 0.1) is 29.0 Å². The van der Waals surface area contributed by atoms with Gasteiger partial charge < -0.3 is 29.0 Å². The predicted octanol–water partition coefficient (Wildman–Crippen LogP) is 8.33. The van der Waals surface area contributed by atoms with E-state index in [4.69, 9.17) is 14.8 Å². The van der Waals surface area contributed by atoms with Crippen LogP contribution in [0.4, 0.5) is 5.69 Å². The second-order valence-corrected chi connectivity index (χ2v) is 14.0. The Morgan fingerprint density at radius 2 is 1.13 bits per heavy atom. The maximum absolute atomic E-state index is 12.6. The SMILES string of the molecule is Cc1ccccc1Cn1c(C)cc(=O)c2ccc(-c3c(C)noc3C)cc21.Cc1noc(C)c1-c1ccc2c(=O)cc(CO)n(Cc3ccccc3N)c2c1. The molecule has 10 nitrogen and oxygen atoms in total. The molecule has 0 saturated carbocycles. The lowest BCUT2D eigenvalue weighted by molar-refractivity contribution is 0.271. The lowest BCUT2D eigenvalue weighted by Crippen LogP contribution is -2.16. The van der Waals surface area contributed by atoms with Gasteiger partial charge in [-0.15, -0.1) is 0 Å². The minimum absolute atomic E-state index is 0.0499. The van der Waals surface area contributed by atoms with Crippen molar-refractivity contribution in [2.45, 2.75) is 61.2 Å². The third-order valence-electron chi connectivity index (χ3n) is 10.3. The molecular weight excluding hydrogens is 691 g/mol. The van der Waals surface area contributed by atoms with Crippen LogP contribution in [0.3, 0.4) is 0 Å². The quantitative estimate of drug-likeness (QED) is 0.156. The first-order valence-corrected chi connectivity index (χ1v) is 18.1. The van der Waals surface area contributed by atoms with E-state index in [-0.39, 0.29) is 17.5 Å². The number of benzene rings is 4. The van der Waals surface area contributed by atoms with Gasteiger partial charge in [0.25, 0.3) is 0 Å². The molecule has 0 saturated heterocycles. The van der Waals surface area contributed by atoms with Crippen molar-refractivity contribution in [3.8, 4) is 22.3 Å². The molecule has 0 aliphatic rings. The summed E-state index contributed by atoms with van der Waals surface area (Å²) >= 11 is 0. The first kappa shape index (κ1) is 36.8. The van der Waals surface area contributed by atoms with Crippen molar-refractivity contribution in [1.82, 2.24) is 19.4 Å². The molecule has 55 heavy (non-hydrogen) atoms. The molecule has 0 aliphatic carbocycles. The van der Waals surface area contributed by atoms with E-state index in [0.717, 1.165) is 79.4 Å². The first-order chi connectivity index (χ1) is 26.4. The van der Waals surface area contributed by atoms with Crippen LogP contribution in [0.5, 0.6) is 0 Å². The van der Waals surface area contributed by atoms with Crippen LogP contribution in [0, 0.1) is 41.5 Å². The number of nitrogens with zero attached hydrogens (tertiary/aromatic N) is 4. The highest BCUT2D eigenvalue weighted by Crippen LogP contribution is 2.31. The summed E-state index contributed by atoms with van der Waals surface area (Å²) in [5.41, 5.74) is 18.7. The summed E-state index contributed by atoms with van der Waals surface area (Å²) in [5, 5.41) is 19.3. The molecule has 0 aliphatic heterocycles. The summed E-state index contributed by atoms with van der Waals surface area (Å²) in [6, 6.07) is 30.8. The van der Waals surface area contributed by atoms with Gasteiger partial charge >= 0.3 is 0 Å². The number of hydrogen-bond acceptors (Lipinski definition) is 8. The van der Waals surface area contributed by atoms with Gasteiger partial charge in [0.2, 0.25) is 0 Å². The fraction of sp³-hybridized carbons (Fsp3) is 0.200. The van der Waals surface area contributed by atoms with Crippen molar-refractivity contribution in [3.05, 3.63) is 168 Å². The van der Waals surface area contributed by atoms with Crippen LogP contribution in [0.2, 0.25) is 0 Å². The van der Waals surface area contributed by atoms with Crippen molar-refractivity contribution >= 4 is 27.5 Å². The van der Waals surface area contributed by atoms with E-state index < -0.39 is 0 Å². The smallest absolute Gasteiger partial charge is 0.189 e. The van der Waals surface area contributed by atoms with Gasteiger partial charge in [0, 0.05) is 64.2 Å². The van der Waals surface area contributed by atoms with E-state index in [1.54, 1.807) is 6.07 Å². The van der Waals surface area contributed by atoms with Crippen LogP contribution in [-0.4, -0.2) is 24.6 Å². The average molecular weight is 734 g/mol. The number of anilines is 1. The van der Waals surface area contributed by atoms with E-state index in [0.29, 0.717) is 23.3 Å². The first-order valence-electron chi connectivity index (χ1n) is 18.1. The highest BCUT2D eigenvalue weighted by molar-refractivity contribution is 5.87. The van der Waals surface area contributed by atoms with Crippen LogP contribution >= 0.6 is 0 Å². The Bertz CT molecular complexity index is 2800. The summed E-state index contributed by atoms with van der Waals surface area (Å²) in [4.78, 5) is 25.1. The Morgan fingerprint density at radius 1 is 0.618 bits per heavy atom. The number of hydrogen-bond donors (Lipinski definition) is 2. The van der Waals surface area contributed by atoms with Crippen LogP contribution in [0.25, 0.3) is 44.1 Å². The van der Waals surface area contributed by atoms with Gasteiger partial charge in [-0.2, -0.15) is 0 Å². The van der Waals surface area contributed by atoms with Crippen molar-refractivity contribution in [2.75, 3.05) is 5.73 Å².